The number of hydrogen-bond acceptors (Lipinski definition) is 7. The van der Waals surface area contributed by atoms with Crippen molar-refractivity contribution in [2.24, 2.45) is 25.7 Å². The molecule has 0 amide bonds. The van der Waals surface area contributed by atoms with E-state index in [4.69, 9.17) is 11.6 Å². The highest BCUT2D eigenvalue weighted by Gasteiger charge is 2.14. The van der Waals surface area contributed by atoms with Crippen molar-refractivity contribution in [1.29, 1.82) is 0 Å². The van der Waals surface area contributed by atoms with Crippen LogP contribution in [0.1, 0.15) is 0 Å². The summed E-state index contributed by atoms with van der Waals surface area (Å²) in [6.07, 6.45) is 4.68. The molecule has 28 heavy (non-hydrogen) atoms. The van der Waals surface area contributed by atoms with Crippen molar-refractivity contribution in [3.63, 3.8) is 0 Å². The molecule has 9 nitrogen and oxygen atoms in total. The highest BCUT2D eigenvalue weighted by molar-refractivity contribution is 5.92. The highest BCUT2D eigenvalue weighted by Crippen LogP contribution is 2.29. The van der Waals surface area contributed by atoms with Gasteiger partial charge in [0.05, 0.1) is 23.0 Å². The Morgan fingerprint density at radius 1 is 1.11 bits per heavy atom. The van der Waals surface area contributed by atoms with E-state index < -0.39 is 0 Å². The minimum atomic E-state index is 0.620. The van der Waals surface area contributed by atoms with Gasteiger partial charge in [0, 0.05) is 44.2 Å². The maximum Gasteiger partial charge on any atom is 0.162 e. The molecule has 0 saturated heterocycles. The molecule has 4 rings (SSSR count). The second-order valence-corrected chi connectivity index (χ2v) is 6.31. The van der Waals surface area contributed by atoms with Gasteiger partial charge in [-0.1, -0.05) is 30.3 Å². The van der Waals surface area contributed by atoms with E-state index >= 15 is 0 Å². The molecule has 0 atom stereocenters. The second-order valence-electron chi connectivity index (χ2n) is 6.31. The van der Waals surface area contributed by atoms with E-state index in [2.05, 4.69) is 20.5 Å². The Bertz CT molecular complexity index is 1140. The van der Waals surface area contributed by atoms with Gasteiger partial charge in [-0.05, 0) is 0 Å². The minimum Gasteiger partial charge on any atom is -0.403 e. The lowest BCUT2D eigenvalue weighted by atomic mass is 10.1. The number of aromatic nitrogens is 5. The van der Waals surface area contributed by atoms with Gasteiger partial charge in [0.15, 0.2) is 5.65 Å². The maximum atomic E-state index is 6.11. The molecule has 0 unspecified atom stereocenters. The molecule has 0 aliphatic carbocycles. The summed E-state index contributed by atoms with van der Waals surface area (Å²) in [5, 5.41) is 14.4. The van der Waals surface area contributed by atoms with Gasteiger partial charge in [-0.25, -0.2) is 10.8 Å². The van der Waals surface area contributed by atoms with E-state index in [9.17, 15) is 0 Å². The molecule has 0 saturated carbocycles. The Morgan fingerprint density at radius 3 is 2.64 bits per heavy atom. The number of hydrazine groups is 1. The Morgan fingerprint density at radius 2 is 1.89 bits per heavy atom. The molecule has 4 aromatic rings. The third-order valence-corrected chi connectivity index (χ3v) is 4.41. The van der Waals surface area contributed by atoms with Crippen LogP contribution in [0.2, 0.25) is 0 Å². The molecule has 0 bridgehead atoms. The summed E-state index contributed by atoms with van der Waals surface area (Å²) in [7, 11) is 3.71. The lowest BCUT2D eigenvalue weighted by Crippen LogP contribution is -2.25. The van der Waals surface area contributed by atoms with Crippen LogP contribution < -0.4 is 21.9 Å². The quantitative estimate of drug-likeness (QED) is 0.362. The lowest BCUT2D eigenvalue weighted by Gasteiger charge is -2.16. The Labute approximate surface area is 161 Å². The summed E-state index contributed by atoms with van der Waals surface area (Å²) in [5.41, 5.74) is 8.84. The van der Waals surface area contributed by atoms with Gasteiger partial charge >= 0.3 is 0 Å². The fraction of sp³-hybridized carbons (Fsp3) is 0.105. The molecule has 0 aliphatic rings. The molecule has 9 heteroatoms. The maximum absolute atomic E-state index is 6.11. The normalized spacial score (nSPS) is 11.4. The minimum absolute atomic E-state index is 0.620. The standard InChI is InChI=1S/C19H21N9/c1-26-18(10-15(25-26)13-6-4-3-5-7-13)23-17-11-16(28(21)9-8-20)14-12-22-27(2)19(14)24-17/h3-12H,20-21H2,1-2H3,(H,23,24)/b9-8-. The first-order valence-corrected chi connectivity index (χ1v) is 8.68. The number of nitrogens with two attached hydrogens (primary N) is 2. The van der Waals surface area contributed by atoms with E-state index in [0.717, 1.165) is 28.1 Å². The van der Waals surface area contributed by atoms with Gasteiger partial charge < -0.3 is 11.1 Å². The zero-order chi connectivity index (χ0) is 19.7. The van der Waals surface area contributed by atoms with Crippen LogP contribution in [0.5, 0.6) is 0 Å². The van der Waals surface area contributed by atoms with Gasteiger partial charge in [-0.3, -0.25) is 14.4 Å². The second kappa shape index (κ2) is 7.05. The summed E-state index contributed by atoms with van der Waals surface area (Å²) in [6.45, 7) is 0. The molecule has 142 valence electrons. The summed E-state index contributed by atoms with van der Waals surface area (Å²) in [5.74, 6) is 7.53. The average Bonchev–Trinajstić information content (AvgIpc) is 3.25. The molecule has 1 aromatic carbocycles. The molecule has 3 heterocycles. The van der Waals surface area contributed by atoms with Crippen molar-refractivity contribution in [3.8, 4) is 11.3 Å². The summed E-state index contributed by atoms with van der Waals surface area (Å²) in [4.78, 5) is 4.67. The molecular formula is C19H21N9. The third kappa shape index (κ3) is 3.14. The van der Waals surface area contributed by atoms with Crippen LogP contribution in [-0.2, 0) is 14.1 Å². The molecular weight excluding hydrogens is 354 g/mol. The predicted octanol–water partition coefficient (Wildman–Crippen LogP) is 2.22. The van der Waals surface area contributed by atoms with Crippen LogP contribution in [0.4, 0.5) is 17.3 Å². The van der Waals surface area contributed by atoms with E-state index in [1.807, 2.05) is 56.6 Å². The van der Waals surface area contributed by atoms with Crippen LogP contribution in [0.3, 0.4) is 0 Å². The van der Waals surface area contributed by atoms with E-state index in [1.54, 1.807) is 21.8 Å². The Kier molecular flexibility index (Phi) is 4.42. The van der Waals surface area contributed by atoms with Crippen LogP contribution >= 0.6 is 0 Å². The van der Waals surface area contributed by atoms with Crippen LogP contribution in [0.15, 0.2) is 61.1 Å². The largest absolute Gasteiger partial charge is 0.403 e. The molecule has 5 N–H and O–H groups in total. The van der Waals surface area contributed by atoms with E-state index in [-0.39, 0.29) is 0 Å². The fourth-order valence-corrected chi connectivity index (χ4v) is 3.01. The number of nitrogens with one attached hydrogen (secondary N) is 1. The number of pyridine rings is 1. The lowest BCUT2D eigenvalue weighted by molar-refractivity contribution is 0.777. The summed E-state index contributed by atoms with van der Waals surface area (Å²) >= 11 is 0. The Hall–Kier alpha value is -3.85. The van der Waals surface area contributed by atoms with Gasteiger partial charge in [0.25, 0.3) is 0 Å². The zero-order valence-corrected chi connectivity index (χ0v) is 15.6. The van der Waals surface area contributed by atoms with Crippen molar-refractivity contribution in [2.45, 2.75) is 0 Å². The van der Waals surface area contributed by atoms with Gasteiger partial charge in [-0.2, -0.15) is 10.2 Å². The van der Waals surface area contributed by atoms with Crippen LogP contribution in [-0.4, -0.2) is 24.5 Å². The molecule has 0 radical (unpaired) electrons. The first-order chi connectivity index (χ1) is 13.6. The zero-order valence-electron chi connectivity index (χ0n) is 15.6. The third-order valence-electron chi connectivity index (χ3n) is 4.41. The number of benzene rings is 1. The number of nitrogens with zero attached hydrogens (tertiary/aromatic N) is 6. The van der Waals surface area contributed by atoms with Crippen molar-refractivity contribution in [2.75, 3.05) is 10.3 Å². The van der Waals surface area contributed by atoms with Gasteiger partial charge in [-0.15, -0.1) is 0 Å². The SMILES string of the molecule is Cn1nc(-c2ccccc2)cc1Nc1cc(N(N)/C=C\N)c2cnn(C)c2n1. The van der Waals surface area contributed by atoms with Crippen molar-refractivity contribution >= 4 is 28.4 Å². The molecule has 3 aromatic heterocycles. The van der Waals surface area contributed by atoms with Crippen molar-refractivity contribution in [3.05, 3.63) is 61.1 Å². The van der Waals surface area contributed by atoms with Crippen LogP contribution in [0, 0.1) is 0 Å². The average molecular weight is 375 g/mol. The monoisotopic (exact) mass is 375 g/mol. The molecule has 0 spiro atoms. The number of aryl methyl sites for hydroxylation is 2. The topological polar surface area (TPSA) is 116 Å². The van der Waals surface area contributed by atoms with Gasteiger partial charge in [0.1, 0.15) is 11.6 Å². The van der Waals surface area contributed by atoms with Gasteiger partial charge in [0.2, 0.25) is 0 Å². The predicted molar refractivity (Wildman–Crippen MR) is 110 cm³/mol. The van der Waals surface area contributed by atoms with Crippen molar-refractivity contribution < 1.29 is 0 Å². The highest BCUT2D eigenvalue weighted by atomic mass is 15.4. The molecule has 0 fully saturated rings. The smallest absolute Gasteiger partial charge is 0.162 e. The number of fused-ring (bicyclic) bond motifs is 1. The fourth-order valence-electron chi connectivity index (χ4n) is 3.01. The number of rotatable bonds is 5. The number of anilines is 3. The van der Waals surface area contributed by atoms with Crippen LogP contribution in [0.25, 0.3) is 22.3 Å². The molecule has 0 aliphatic heterocycles. The first kappa shape index (κ1) is 17.6. The van der Waals surface area contributed by atoms with E-state index in [0.29, 0.717) is 11.5 Å². The number of hydrogen-bond donors (Lipinski definition) is 3. The van der Waals surface area contributed by atoms with E-state index in [1.165, 1.54) is 11.2 Å². The Balaban J connectivity index is 1.74. The first-order valence-electron chi connectivity index (χ1n) is 8.68. The van der Waals surface area contributed by atoms with Crippen molar-refractivity contribution in [1.82, 2.24) is 24.5 Å². The summed E-state index contributed by atoms with van der Waals surface area (Å²) < 4.78 is 3.47. The summed E-state index contributed by atoms with van der Waals surface area (Å²) in [6, 6.07) is 13.8.